The van der Waals surface area contributed by atoms with E-state index in [0.717, 1.165) is 35.4 Å². The maximum absolute atomic E-state index is 13.8. The number of ether oxygens (including phenoxy) is 1. The smallest absolute Gasteiger partial charge is 0.326 e. The van der Waals surface area contributed by atoms with Crippen LogP contribution in [0.3, 0.4) is 0 Å². The topological polar surface area (TPSA) is 136 Å². The number of carbonyl (C=O) groups is 4. The molecule has 50 heavy (non-hydrogen) atoms. The Labute approximate surface area is 297 Å². The number of hydrogen-bond acceptors (Lipinski definition) is 7. The molecule has 6 rings (SSSR count). The van der Waals surface area contributed by atoms with Gasteiger partial charge in [-0.15, -0.1) is 5.10 Å². The molecule has 2 heterocycles. The third kappa shape index (κ3) is 9.12. The molecule has 11 nitrogen and oxygen atoms in total. The Hall–Kier alpha value is -3.76. The van der Waals surface area contributed by atoms with E-state index in [1.165, 1.54) is 50.5 Å². The summed E-state index contributed by atoms with van der Waals surface area (Å²) < 4.78 is 7.89. The van der Waals surface area contributed by atoms with E-state index >= 15 is 0 Å². The summed E-state index contributed by atoms with van der Waals surface area (Å²) in [7, 11) is 1.53. The number of allylic oxidation sites excluding steroid dienone is 3. The predicted molar refractivity (Wildman–Crippen MR) is 191 cm³/mol. The molecule has 4 atom stereocenters. The first kappa shape index (κ1) is 37.5. The van der Waals surface area contributed by atoms with Crippen molar-refractivity contribution >= 4 is 23.7 Å². The van der Waals surface area contributed by atoms with Gasteiger partial charge in [-0.3, -0.25) is 23.9 Å². The van der Waals surface area contributed by atoms with Gasteiger partial charge in [0.05, 0.1) is 5.69 Å². The van der Waals surface area contributed by atoms with E-state index in [1.807, 2.05) is 37.7 Å². The van der Waals surface area contributed by atoms with Crippen LogP contribution in [0.15, 0.2) is 41.6 Å². The van der Waals surface area contributed by atoms with Crippen LogP contribution in [0.2, 0.25) is 0 Å². The summed E-state index contributed by atoms with van der Waals surface area (Å²) in [6.07, 6.45) is 13.2. The second-order valence-electron chi connectivity index (χ2n) is 17.2. The van der Waals surface area contributed by atoms with Crippen LogP contribution in [0.4, 0.5) is 0 Å². The highest BCUT2D eigenvalue weighted by Gasteiger charge is 2.51. The summed E-state index contributed by atoms with van der Waals surface area (Å²) in [6.45, 7) is 18.2. The normalized spacial score (nSPS) is 33.5. The number of cyclic esters (lactones) is 1. The molecule has 0 aromatic carbocycles. The Morgan fingerprint density at radius 3 is 2.28 bits per heavy atom. The van der Waals surface area contributed by atoms with E-state index in [9.17, 15) is 19.2 Å². The molecule has 5 aliphatic rings. The monoisotopic (exact) mass is 690 g/mol. The molecule has 1 aromatic rings. The number of hydrogen-bond donors (Lipinski definition) is 2. The molecular formula is C39H58N6O5. The first-order chi connectivity index (χ1) is 23.4. The lowest BCUT2D eigenvalue weighted by Crippen LogP contribution is -2.54. The first-order valence-corrected chi connectivity index (χ1v) is 18.4. The lowest BCUT2D eigenvalue weighted by atomic mass is 9.49. The van der Waals surface area contributed by atoms with Crippen LogP contribution in [-0.4, -0.2) is 75.4 Å². The van der Waals surface area contributed by atoms with Gasteiger partial charge in [0.25, 0.3) is 0 Å². The SMILES string of the molecule is C=C1CC(=O)N[C@@H](C)C(=O)N(C)C(Cc2cn(CC34CC5CC(CC(C5)C3)C4)nn2)C(=O)NCC(=O)O[C@@H](/C(C)=C/C(C)=C/C(C)(C)C)[C@@H]1C. The molecule has 1 aromatic heterocycles. The summed E-state index contributed by atoms with van der Waals surface area (Å²) >= 11 is 0. The molecule has 2 N–H and O–H groups in total. The van der Waals surface area contributed by atoms with Crippen molar-refractivity contribution < 1.29 is 23.9 Å². The van der Waals surface area contributed by atoms with Gasteiger partial charge in [0.2, 0.25) is 17.7 Å². The van der Waals surface area contributed by atoms with E-state index < -0.39 is 41.9 Å². The minimum atomic E-state index is -0.999. The lowest BCUT2D eigenvalue weighted by Gasteiger charge is -2.56. The highest BCUT2D eigenvalue weighted by atomic mass is 16.5. The molecule has 4 bridgehead atoms. The van der Waals surface area contributed by atoms with Crippen LogP contribution in [-0.2, 0) is 36.9 Å². The molecule has 11 heteroatoms. The zero-order chi connectivity index (χ0) is 36.5. The largest absolute Gasteiger partial charge is 0.456 e. The van der Waals surface area contributed by atoms with Gasteiger partial charge in [0.15, 0.2) is 0 Å². The van der Waals surface area contributed by atoms with Gasteiger partial charge in [-0.2, -0.15) is 0 Å². The van der Waals surface area contributed by atoms with Crippen molar-refractivity contribution in [2.75, 3.05) is 13.6 Å². The van der Waals surface area contributed by atoms with E-state index in [2.05, 4.69) is 54.4 Å². The second kappa shape index (κ2) is 14.8. The molecule has 1 unspecified atom stereocenters. The fourth-order valence-electron chi connectivity index (χ4n) is 9.55. The predicted octanol–water partition coefficient (Wildman–Crippen LogP) is 4.93. The lowest BCUT2D eigenvalue weighted by molar-refractivity contribution is -0.149. The summed E-state index contributed by atoms with van der Waals surface area (Å²) in [5.74, 6) is 0.0856. The molecular weight excluding hydrogens is 632 g/mol. The highest BCUT2D eigenvalue weighted by molar-refractivity contribution is 5.93. The Kier molecular flexibility index (Phi) is 11.1. The van der Waals surface area contributed by atoms with Gasteiger partial charge in [-0.25, -0.2) is 0 Å². The van der Waals surface area contributed by atoms with Gasteiger partial charge < -0.3 is 20.3 Å². The van der Waals surface area contributed by atoms with Gasteiger partial charge >= 0.3 is 5.97 Å². The fraction of sp³-hybridized carbons (Fsp3) is 0.692. The Bertz CT molecular complexity index is 1510. The third-order valence-electron chi connectivity index (χ3n) is 11.2. The van der Waals surface area contributed by atoms with E-state index in [0.29, 0.717) is 11.3 Å². The number of carbonyl (C=O) groups excluding carboxylic acids is 4. The summed E-state index contributed by atoms with van der Waals surface area (Å²) in [4.78, 5) is 55.1. The molecule has 0 spiro atoms. The average molecular weight is 691 g/mol. The Balaban J connectivity index is 1.34. The van der Waals surface area contributed by atoms with Crippen molar-refractivity contribution in [1.29, 1.82) is 0 Å². The van der Waals surface area contributed by atoms with E-state index in [1.54, 1.807) is 6.92 Å². The van der Waals surface area contributed by atoms with Gasteiger partial charge in [0.1, 0.15) is 24.7 Å². The van der Waals surface area contributed by atoms with Crippen LogP contribution >= 0.6 is 0 Å². The van der Waals surface area contributed by atoms with Crippen LogP contribution in [0.1, 0.15) is 99.1 Å². The molecule has 4 aliphatic carbocycles. The molecule has 274 valence electrons. The van der Waals surface area contributed by atoms with Crippen molar-refractivity contribution in [3.05, 3.63) is 47.3 Å². The standard InChI is InChI=1S/C39H58N6O5/c1-23(16-38(6,7)8)10-25(3)35-26(4)24(2)11-33(46)41-27(5)37(49)44(9)32(36(48)40-20-34(47)50-35)15-31-21-45(43-42-31)22-39-17-28-12-29(18-39)14-30(13-28)19-39/h10,16,21,26-30,32,35H,2,11-15,17-20,22H2,1,3-9H3,(H,40,48)(H,41,46)/b23-16+,25-10+/t26-,27+,28?,29?,30?,32?,35+,39?/m1/s1. The summed E-state index contributed by atoms with van der Waals surface area (Å²) in [5, 5.41) is 14.4. The number of rotatable bonds is 6. The minimum Gasteiger partial charge on any atom is -0.456 e. The van der Waals surface area contributed by atoms with E-state index in [4.69, 9.17) is 4.74 Å². The van der Waals surface area contributed by atoms with Crippen molar-refractivity contribution in [2.24, 2.45) is 34.5 Å². The van der Waals surface area contributed by atoms with Crippen LogP contribution in [0, 0.1) is 34.5 Å². The highest BCUT2D eigenvalue weighted by Crippen LogP contribution is 2.60. The number of nitrogens with zero attached hydrogens (tertiary/aromatic N) is 4. The average Bonchev–Trinajstić information content (AvgIpc) is 3.43. The maximum atomic E-state index is 13.8. The summed E-state index contributed by atoms with van der Waals surface area (Å²) in [6, 6.07) is -1.90. The second-order valence-corrected chi connectivity index (χ2v) is 17.2. The number of nitrogens with one attached hydrogen (secondary N) is 2. The zero-order valence-electron chi connectivity index (χ0n) is 31.4. The Morgan fingerprint density at radius 2 is 1.68 bits per heavy atom. The van der Waals surface area contributed by atoms with Gasteiger partial charge in [-0.05, 0) is 93.5 Å². The van der Waals surface area contributed by atoms with Gasteiger partial charge in [-0.1, -0.05) is 62.8 Å². The number of aromatic nitrogens is 3. The van der Waals surface area contributed by atoms with E-state index in [-0.39, 0.29) is 36.1 Å². The zero-order valence-corrected chi connectivity index (χ0v) is 31.4. The van der Waals surface area contributed by atoms with Crippen LogP contribution in [0.5, 0.6) is 0 Å². The first-order valence-electron chi connectivity index (χ1n) is 18.4. The minimum absolute atomic E-state index is 0.0443. The molecule has 1 saturated heterocycles. The molecule has 3 amide bonds. The fourth-order valence-corrected chi connectivity index (χ4v) is 9.55. The quantitative estimate of drug-likeness (QED) is 0.246. The van der Waals surface area contributed by atoms with Crippen molar-refractivity contribution in [3.8, 4) is 0 Å². The Morgan fingerprint density at radius 1 is 1.06 bits per heavy atom. The maximum Gasteiger partial charge on any atom is 0.326 e. The van der Waals surface area contributed by atoms with Crippen LogP contribution < -0.4 is 10.6 Å². The number of amides is 3. The summed E-state index contributed by atoms with van der Waals surface area (Å²) in [5.41, 5.74) is 3.16. The third-order valence-corrected chi connectivity index (χ3v) is 11.2. The number of esters is 1. The number of likely N-dealkylation sites (N-methyl/N-ethyl adjacent to an activating group) is 1. The van der Waals surface area contributed by atoms with Gasteiger partial charge in [0, 0.05) is 38.5 Å². The molecule has 0 radical (unpaired) electrons. The molecule has 5 fully saturated rings. The van der Waals surface area contributed by atoms with Crippen molar-refractivity contribution in [1.82, 2.24) is 30.5 Å². The van der Waals surface area contributed by atoms with Crippen LogP contribution in [0.25, 0.3) is 0 Å². The van der Waals surface area contributed by atoms with Crippen molar-refractivity contribution in [3.63, 3.8) is 0 Å². The van der Waals surface area contributed by atoms with Crippen molar-refractivity contribution in [2.45, 2.75) is 125 Å². The molecule has 1 aliphatic heterocycles. The molecule has 4 saturated carbocycles.